The van der Waals surface area contributed by atoms with Gasteiger partial charge in [-0.25, -0.2) is 4.79 Å². The number of nitro benzene ring substituents is 1. The molecule has 0 bridgehead atoms. The smallest absolute Gasteiger partial charge is 0.321 e. The highest BCUT2D eigenvalue weighted by molar-refractivity contribution is 5.90. The van der Waals surface area contributed by atoms with Crippen LogP contribution in [0.1, 0.15) is 19.4 Å². The Bertz CT molecular complexity index is 697. The Hall–Kier alpha value is -2.68. The minimum absolute atomic E-state index is 0.0208. The summed E-state index contributed by atoms with van der Waals surface area (Å²) in [6, 6.07) is 4.35. The van der Waals surface area contributed by atoms with E-state index in [4.69, 9.17) is 0 Å². The molecule has 1 aromatic rings. The third-order valence-electron chi connectivity index (χ3n) is 4.79. The van der Waals surface area contributed by atoms with Gasteiger partial charge in [0.15, 0.2) is 0 Å². The molecule has 1 saturated heterocycles. The highest BCUT2D eigenvalue weighted by Gasteiger charge is 2.24. The van der Waals surface area contributed by atoms with Gasteiger partial charge < -0.3 is 15.1 Å². The maximum Gasteiger partial charge on any atom is 0.321 e. The van der Waals surface area contributed by atoms with E-state index in [1.165, 1.54) is 6.07 Å². The van der Waals surface area contributed by atoms with Crippen LogP contribution in [0.4, 0.5) is 16.2 Å². The van der Waals surface area contributed by atoms with E-state index in [-0.39, 0.29) is 17.6 Å². The summed E-state index contributed by atoms with van der Waals surface area (Å²) in [4.78, 5) is 40.7. The average molecular weight is 377 g/mol. The third-order valence-corrected chi connectivity index (χ3v) is 4.79. The van der Waals surface area contributed by atoms with Gasteiger partial charge in [0.25, 0.3) is 5.69 Å². The molecule has 1 aromatic carbocycles. The van der Waals surface area contributed by atoms with Gasteiger partial charge in [-0.2, -0.15) is 0 Å². The van der Waals surface area contributed by atoms with Crippen LogP contribution in [0, 0.1) is 17.0 Å². The maximum absolute atomic E-state index is 12.4. The molecule has 0 saturated carbocycles. The highest BCUT2D eigenvalue weighted by atomic mass is 16.6. The monoisotopic (exact) mass is 377 g/mol. The number of hydrogen-bond acceptors (Lipinski definition) is 5. The number of nitrogens with zero attached hydrogens (tertiary/aromatic N) is 4. The first-order chi connectivity index (χ1) is 12.8. The molecule has 1 heterocycles. The SMILES string of the molecule is CCN(CC)C(=O)CN1CCN(C(=O)Nc2ccc(C)c([N+](=O)[O-])c2)CC1. The number of nitrogens with one attached hydrogen (secondary N) is 1. The van der Waals surface area contributed by atoms with Gasteiger partial charge in [-0.1, -0.05) is 6.07 Å². The van der Waals surface area contributed by atoms with Crippen LogP contribution < -0.4 is 5.32 Å². The van der Waals surface area contributed by atoms with Crippen molar-refractivity contribution in [3.63, 3.8) is 0 Å². The van der Waals surface area contributed by atoms with E-state index in [9.17, 15) is 19.7 Å². The molecule has 1 aliphatic rings. The van der Waals surface area contributed by atoms with Crippen molar-refractivity contribution in [1.82, 2.24) is 14.7 Å². The fraction of sp³-hybridized carbons (Fsp3) is 0.556. The summed E-state index contributed by atoms with van der Waals surface area (Å²) in [5.74, 6) is 0.102. The van der Waals surface area contributed by atoms with E-state index in [0.29, 0.717) is 57.1 Å². The number of amides is 3. The first-order valence-electron chi connectivity index (χ1n) is 9.16. The molecule has 0 atom stereocenters. The van der Waals surface area contributed by atoms with Gasteiger partial charge in [-0.15, -0.1) is 0 Å². The number of hydrogen-bond donors (Lipinski definition) is 1. The van der Waals surface area contributed by atoms with Crippen LogP contribution >= 0.6 is 0 Å². The van der Waals surface area contributed by atoms with Gasteiger partial charge >= 0.3 is 6.03 Å². The molecule has 1 N–H and O–H groups in total. The molecule has 1 fully saturated rings. The predicted molar refractivity (Wildman–Crippen MR) is 103 cm³/mol. The summed E-state index contributed by atoms with van der Waals surface area (Å²) in [6.45, 7) is 9.57. The number of aryl methyl sites for hydroxylation is 1. The molecule has 9 nitrogen and oxygen atoms in total. The van der Waals surface area contributed by atoms with E-state index in [0.717, 1.165) is 0 Å². The van der Waals surface area contributed by atoms with E-state index < -0.39 is 4.92 Å². The highest BCUT2D eigenvalue weighted by Crippen LogP contribution is 2.22. The van der Waals surface area contributed by atoms with Crippen LogP contribution in [0.5, 0.6) is 0 Å². The Morgan fingerprint density at radius 2 is 1.81 bits per heavy atom. The van der Waals surface area contributed by atoms with Crippen LogP contribution in [-0.4, -0.2) is 77.4 Å². The van der Waals surface area contributed by atoms with Crippen molar-refractivity contribution < 1.29 is 14.5 Å². The summed E-state index contributed by atoms with van der Waals surface area (Å²) in [5, 5.41) is 13.7. The van der Waals surface area contributed by atoms with Crippen LogP contribution in [-0.2, 0) is 4.79 Å². The molecule has 0 radical (unpaired) electrons. The Morgan fingerprint density at radius 1 is 1.19 bits per heavy atom. The second-order valence-electron chi connectivity index (χ2n) is 6.52. The number of anilines is 1. The molecular formula is C18H27N5O4. The van der Waals surface area contributed by atoms with Crippen LogP contribution in [0.15, 0.2) is 18.2 Å². The van der Waals surface area contributed by atoms with E-state index >= 15 is 0 Å². The lowest BCUT2D eigenvalue weighted by atomic mass is 10.2. The number of benzene rings is 1. The fourth-order valence-electron chi connectivity index (χ4n) is 3.06. The standard InChI is InChI=1S/C18H27N5O4/c1-4-21(5-2)17(24)13-20-8-10-22(11-9-20)18(25)19-15-7-6-14(3)16(12-15)23(26)27/h6-7,12H,4-5,8-11,13H2,1-3H3,(H,19,25). The molecule has 3 amide bonds. The van der Waals surface area contributed by atoms with E-state index in [1.54, 1.807) is 28.9 Å². The summed E-state index contributed by atoms with van der Waals surface area (Å²) >= 11 is 0. The lowest BCUT2D eigenvalue weighted by Gasteiger charge is -2.35. The van der Waals surface area contributed by atoms with Gasteiger partial charge in [0.05, 0.1) is 11.5 Å². The number of rotatable bonds is 6. The minimum Gasteiger partial charge on any atom is -0.342 e. The zero-order valence-corrected chi connectivity index (χ0v) is 16.1. The summed E-state index contributed by atoms with van der Waals surface area (Å²) < 4.78 is 0. The number of nitro groups is 1. The van der Waals surface area contributed by atoms with Gasteiger partial charge in [0, 0.05) is 56.6 Å². The molecular weight excluding hydrogens is 350 g/mol. The molecule has 9 heteroatoms. The van der Waals surface area contributed by atoms with Crippen molar-refractivity contribution in [1.29, 1.82) is 0 Å². The molecule has 148 valence electrons. The maximum atomic E-state index is 12.4. The van der Waals surface area contributed by atoms with Crippen molar-refractivity contribution in [3.05, 3.63) is 33.9 Å². The lowest BCUT2D eigenvalue weighted by molar-refractivity contribution is -0.385. The van der Waals surface area contributed by atoms with Crippen molar-refractivity contribution in [3.8, 4) is 0 Å². The van der Waals surface area contributed by atoms with Crippen LogP contribution in [0.3, 0.4) is 0 Å². The summed E-state index contributed by atoms with van der Waals surface area (Å²) in [6.07, 6.45) is 0. The lowest BCUT2D eigenvalue weighted by Crippen LogP contribution is -2.52. The summed E-state index contributed by atoms with van der Waals surface area (Å²) in [5.41, 5.74) is 0.924. The summed E-state index contributed by atoms with van der Waals surface area (Å²) in [7, 11) is 0. The Kier molecular flexibility index (Phi) is 7.12. The van der Waals surface area contributed by atoms with Crippen LogP contribution in [0.25, 0.3) is 0 Å². The van der Waals surface area contributed by atoms with Crippen molar-refractivity contribution in [2.24, 2.45) is 0 Å². The molecule has 2 rings (SSSR count). The van der Waals surface area contributed by atoms with Crippen LogP contribution in [0.2, 0.25) is 0 Å². The van der Waals surface area contributed by atoms with Gasteiger partial charge in [-0.05, 0) is 26.8 Å². The number of piperazine rings is 1. The number of urea groups is 1. The minimum atomic E-state index is -0.462. The van der Waals surface area contributed by atoms with Gasteiger partial charge in [-0.3, -0.25) is 19.8 Å². The zero-order chi connectivity index (χ0) is 20.0. The molecule has 0 unspecified atom stereocenters. The Balaban J connectivity index is 1.87. The fourth-order valence-corrected chi connectivity index (χ4v) is 3.06. The first kappa shape index (κ1) is 20.6. The Labute approximate surface area is 159 Å². The normalized spacial score (nSPS) is 14.7. The molecule has 0 spiro atoms. The Morgan fingerprint density at radius 3 is 2.37 bits per heavy atom. The van der Waals surface area contributed by atoms with E-state index in [1.807, 2.05) is 18.7 Å². The van der Waals surface area contributed by atoms with Crippen molar-refractivity contribution in [2.75, 3.05) is 51.1 Å². The van der Waals surface area contributed by atoms with Crippen molar-refractivity contribution >= 4 is 23.3 Å². The molecule has 0 aliphatic carbocycles. The van der Waals surface area contributed by atoms with Gasteiger partial charge in [0.1, 0.15) is 0 Å². The first-order valence-corrected chi connectivity index (χ1v) is 9.16. The average Bonchev–Trinajstić information content (AvgIpc) is 2.64. The quantitative estimate of drug-likeness (QED) is 0.603. The number of carbonyl (C=O) groups excluding carboxylic acids is 2. The second-order valence-corrected chi connectivity index (χ2v) is 6.52. The molecule has 0 aromatic heterocycles. The predicted octanol–water partition coefficient (Wildman–Crippen LogP) is 1.92. The van der Waals surface area contributed by atoms with Crippen molar-refractivity contribution in [2.45, 2.75) is 20.8 Å². The number of likely N-dealkylation sites (N-methyl/N-ethyl adjacent to an activating group) is 1. The second kappa shape index (κ2) is 9.31. The molecule has 1 aliphatic heterocycles. The molecule has 27 heavy (non-hydrogen) atoms. The topological polar surface area (TPSA) is 99.0 Å². The zero-order valence-electron chi connectivity index (χ0n) is 16.1. The number of carbonyl (C=O) groups is 2. The largest absolute Gasteiger partial charge is 0.342 e. The van der Waals surface area contributed by atoms with E-state index in [2.05, 4.69) is 5.32 Å². The third kappa shape index (κ3) is 5.40. The van der Waals surface area contributed by atoms with Gasteiger partial charge in [0.2, 0.25) is 5.91 Å².